The van der Waals surface area contributed by atoms with E-state index < -0.39 is 9.84 Å². The summed E-state index contributed by atoms with van der Waals surface area (Å²) in [5.41, 5.74) is 0. The molecule has 1 saturated heterocycles. The number of nitrogens with zero attached hydrogens (tertiary/aromatic N) is 3. The zero-order valence-electron chi connectivity index (χ0n) is 10.8. The topological polar surface area (TPSA) is 80.2 Å². The molecule has 2 rings (SSSR count). The van der Waals surface area contributed by atoms with E-state index in [4.69, 9.17) is 0 Å². The predicted molar refractivity (Wildman–Crippen MR) is 72.0 cm³/mol. The first-order chi connectivity index (χ1) is 8.95. The lowest BCUT2D eigenvalue weighted by Crippen LogP contribution is -2.35. The molecule has 19 heavy (non-hydrogen) atoms. The van der Waals surface area contributed by atoms with E-state index >= 15 is 0 Å². The molecule has 0 spiro atoms. The number of piperidine rings is 1. The molecule has 1 aromatic heterocycles. The summed E-state index contributed by atoms with van der Waals surface area (Å²) >= 11 is 0.981. The second-order valence-corrected chi connectivity index (χ2v) is 8.04. The Labute approximate surface area is 116 Å². The average Bonchev–Trinajstić information content (AvgIpc) is 2.78. The minimum Gasteiger partial charge on any atom is -0.298 e. The first kappa shape index (κ1) is 14.5. The van der Waals surface area contributed by atoms with E-state index in [9.17, 15) is 13.2 Å². The van der Waals surface area contributed by atoms with Crippen molar-refractivity contribution in [3.8, 4) is 0 Å². The number of carbonyl (C=O) groups is 1. The number of likely N-dealkylation sites (tertiary alicyclic amines) is 1. The van der Waals surface area contributed by atoms with Crippen LogP contribution in [0.25, 0.3) is 0 Å². The summed E-state index contributed by atoms with van der Waals surface area (Å²) in [5, 5.41) is 7.84. The Morgan fingerprint density at radius 1 is 1.26 bits per heavy atom. The molecule has 0 bridgehead atoms. The zero-order chi connectivity index (χ0) is 13.9. The minimum atomic E-state index is -3.32. The fourth-order valence-corrected chi connectivity index (χ4v) is 3.73. The number of hydrogen-bond acceptors (Lipinski definition) is 7. The maximum absolute atomic E-state index is 11.9. The lowest BCUT2D eigenvalue weighted by molar-refractivity contribution is -0.119. The number of sulfone groups is 1. The normalized spacial score (nSPS) is 17.5. The van der Waals surface area contributed by atoms with Gasteiger partial charge >= 0.3 is 0 Å². The molecule has 0 N–H and O–H groups in total. The number of Topliss-reactive ketones (excluding diaryl/α,β-unsaturated/α-hetero) is 1. The van der Waals surface area contributed by atoms with Crippen LogP contribution in [-0.4, -0.2) is 55.2 Å². The third-order valence-corrected chi connectivity index (χ3v) is 5.55. The van der Waals surface area contributed by atoms with Crippen LogP contribution in [-0.2, 0) is 21.1 Å². The average molecular weight is 303 g/mol. The first-order valence-electron chi connectivity index (χ1n) is 6.21. The van der Waals surface area contributed by atoms with Crippen molar-refractivity contribution in [3.63, 3.8) is 0 Å². The molecular formula is C11H17N3O3S2. The Kier molecular flexibility index (Phi) is 4.64. The van der Waals surface area contributed by atoms with Crippen molar-refractivity contribution in [2.75, 3.05) is 25.9 Å². The molecule has 1 aliphatic rings. The lowest BCUT2D eigenvalue weighted by atomic mass is 10.1. The predicted octanol–water partition coefficient (Wildman–Crippen LogP) is 0.539. The van der Waals surface area contributed by atoms with E-state index in [0.29, 0.717) is 11.6 Å². The van der Waals surface area contributed by atoms with Gasteiger partial charge in [0.05, 0.1) is 13.0 Å². The highest BCUT2D eigenvalue weighted by Gasteiger charge is 2.18. The van der Waals surface area contributed by atoms with Gasteiger partial charge in [0.2, 0.25) is 14.2 Å². The van der Waals surface area contributed by atoms with Crippen LogP contribution < -0.4 is 0 Å². The van der Waals surface area contributed by atoms with Gasteiger partial charge in [0.25, 0.3) is 0 Å². The van der Waals surface area contributed by atoms with Gasteiger partial charge in [-0.05, 0) is 25.9 Å². The van der Waals surface area contributed by atoms with Crippen LogP contribution in [0, 0.1) is 0 Å². The van der Waals surface area contributed by atoms with Gasteiger partial charge in [-0.3, -0.25) is 9.69 Å². The van der Waals surface area contributed by atoms with Crippen LogP contribution in [0.3, 0.4) is 0 Å². The third kappa shape index (κ3) is 4.32. The summed E-state index contributed by atoms with van der Waals surface area (Å²) < 4.78 is 22.5. The summed E-state index contributed by atoms with van der Waals surface area (Å²) in [6.07, 6.45) is 4.78. The standard InChI is InChI=1S/C11H17N3O3S2/c1-19(16,17)11-13-12-10(18-11)7-9(15)8-14-5-3-2-4-6-14/h2-8H2,1H3. The Bertz CT molecular complexity index is 547. The molecule has 1 fully saturated rings. The largest absolute Gasteiger partial charge is 0.298 e. The highest BCUT2D eigenvalue weighted by Crippen LogP contribution is 2.16. The van der Waals surface area contributed by atoms with Crippen LogP contribution >= 0.6 is 11.3 Å². The van der Waals surface area contributed by atoms with Gasteiger partial charge in [-0.1, -0.05) is 17.8 Å². The monoisotopic (exact) mass is 303 g/mol. The van der Waals surface area contributed by atoms with Crippen molar-refractivity contribution in [3.05, 3.63) is 5.01 Å². The Balaban J connectivity index is 1.90. The van der Waals surface area contributed by atoms with E-state index in [1.54, 1.807) is 0 Å². The molecule has 2 heterocycles. The van der Waals surface area contributed by atoms with E-state index in [1.165, 1.54) is 6.42 Å². The van der Waals surface area contributed by atoms with E-state index in [0.717, 1.165) is 43.5 Å². The van der Waals surface area contributed by atoms with E-state index in [1.807, 2.05) is 0 Å². The van der Waals surface area contributed by atoms with Gasteiger partial charge in [-0.15, -0.1) is 10.2 Å². The molecular weight excluding hydrogens is 286 g/mol. The first-order valence-corrected chi connectivity index (χ1v) is 8.92. The van der Waals surface area contributed by atoms with Crippen LogP contribution in [0.2, 0.25) is 0 Å². The number of carbonyl (C=O) groups excluding carboxylic acids is 1. The fourth-order valence-electron chi connectivity index (χ4n) is 2.05. The van der Waals surface area contributed by atoms with Crippen molar-refractivity contribution in [1.29, 1.82) is 0 Å². The summed E-state index contributed by atoms with van der Waals surface area (Å²) in [6.45, 7) is 2.36. The fraction of sp³-hybridized carbons (Fsp3) is 0.727. The number of ketones is 1. The molecule has 106 valence electrons. The molecule has 0 amide bonds. The van der Waals surface area contributed by atoms with Gasteiger partial charge in [0.1, 0.15) is 5.01 Å². The SMILES string of the molecule is CS(=O)(=O)c1nnc(CC(=O)CN2CCCCC2)s1. The Hall–Kier alpha value is -0.860. The van der Waals surface area contributed by atoms with Crippen LogP contribution in [0.15, 0.2) is 4.34 Å². The van der Waals surface area contributed by atoms with Crippen molar-refractivity contribution < 1.29 is 13.2 Å². The zero-order valence-corrected chi connectivity index (χ0v) is 12.5. The van der Waals surface area contributed by atoms with Gasteiger partial charge in [-0.25, -0.2) is 8.42 Å². The Morgan fingerprint density at radius 2 is 1.95 bits per heavy atom. The quantitative estimate of drug-likeness (QED) is 0.790. The molecule has 0 atom stereocenters. The van der Waals surface area contributed by atoms with Crippen molar-refractivity contribution in [1.82, 2.24) is 15.1 Å². The molecule has 0 unspecified atom stereocenters. The summed E-state index contributed by atoms with van der Waals surface area (Å²) in [6, 6.07) is 0. The van der Waals surface area contributed by atoms with Gasteiger partial charge in [0.15, 0.2) is 5.78 Å². The number of rotatable bonds is 5. The van der Waals surface area contributed by atoms with Crippen molar-refractivity contribution in [2.45, 2.75) is 30.0 Å². The minimum absolute atomic E-state index is 0.0201. The lowest BCUT2D eigenvalue weighted by Gasteiger charge is -2.25. The number of hydrogen-bond donors (Lipinski definition) is 0. The molecule has 6 nitrogen and oxygen atoms in total. The van der Waals surface area contributed by atoms with Crippen LogP contribution in [0.1, 0.15) is 24.3 Å². The molecule has 8 heteroatoms. The summed E-state index contributed by atoms with van der Waals surface area (Å²) in [5.74, 6) is 0.0677. The highest BCUT2D eigenvalue weighted by molar-refractivity contribution is 7.92. The van der Waals surface area contributed by atoms with E-state index in [-0.39, 0.29) is 16.5 Å². The second-order valence-electron chi connectivity index (χ2n) is 4.79. The van der Waals surface area contributed by atoms with Crippen molar-refractivity contribution in [2.24, 2.45) is 0 Å². The molecule has 1 aromatic rings. The van der Waals surface area contributed by atoms with Crippen LogP contribution in [0.4, 0.5) is 0 Å². The smallest absolute Gasteiger partial charge is 0.232 e. The molecule has 0 aliphatic carbocycles. The molecule has 0 aromatic carbocycles. The number of aromatic nitrogens is 2. The van der Waals surface area contributed by atoms with Gasteiger partial charge in [-0.2, -0.15) is 0 Å². The maximum Gasteiger partial charge on any atom is 0.232 e. The van der Waals surface area contributed by atoms with Gasteiger partial charge in [0, 0.05) is 6.26 Å². The van der Waals surface area contributed by atoms with Crippen LogP contribution in [0.5, 0.6) is 0 Å². The second kappa shape index (κ2) is 6.06. The van der Waals surface area contributed by atoms with Gasteiger partial charge < -0.3 is 0 Å². The highest BCUT2D eigenvalue weighted by atomic mass is 32.2. The third-order valence-electron chi connectivity index (χ3n) is 2.96. The summed E-state index contributed by atoms with van der Waals surface area (Å²) in [7, 11) is -3.32. The Morgan fingerprint density at radius 3 is 2.53 bits per heavy atom. The van der Waals surface area contributed by atoms with Crippen molar-refractivity contribution >= 4 is 27.0 Å². The molecule has 0 radical (unpaired) electrons. The molecule has 0 saturated carbocycles. The van der Waals surface area contributed by atoms with E-state index in [2.05, 4.69) is 15.1 Å². The molecule has 1 aliphatic heterocycles. The summed E-state index contributed by atoms with van der Waals surface area (Å²) in [4.78, 5) is 14.0. The maximum atomic E-state index is 11.9.